The average Bonchev–Trinajstić information content (AvgIpc) is 2.85. The summed E-state index contributed by atoms with van der Waals surface area (Å²) < 4.78 is 10.7. The summed E-state index contributed by atoms with van der Waals surface area (Å²) in [6.07, 6.45) is 8.15. The maximum absolute atomic E-state index is 11.7. The van der Waals surface area contributed by atoms with Crippen LogP contribution in [0.3, 0.4) is 0 Å². The van der Waals surface area contributed by atoms with E-state index in [9.17, 15) is 9.59 Å². The zero-order chi connectivity index (χ0) is 18.0. The highest BCUT2D eigenvalue weighted by Crippen LogP contribution is 2.14. The lowest BCUT2D eigenvalue weighted by atomic mass is 10.1. The summed E-state index contributed by atoms with van der Waals surface area (Å²) in [7, 11) is 2.05. The topological polar surface area (TPSA) is 55.8 Å². The Balaban J connectivity index is 1.90. The number of nitrogens with zero attached hydrogens (tertiary/aromatic N) is 1. The molecule has 0 amide bonds. The normalized spacial score (nSPS) is 18.6. The Morgan fingerprint density at radius 1 is 0.958 bits per heavy atom. The van der Waals surface area contributed by atoms with E-state index in [-0.39, 0.29) is 23.6 Å². The number of likely N-dealkylation sites (tertiary alicyclic amines) is 1. The Hall–Kier alpha value is -1.10. The van der Waals surface area contributed by atoms with E-state index in [1.54, 1.807) is 0 Å². The Labute approximate surface area is 147 Å². The molecule has 1 heterocycles. The summed E-state index contributed by atoms with van der Waals surface area (Å²) >= 11 is 0. The summed E-state index contributed by atoms with van der Waals surface area (Å²) in [6.45, 7) is 7.55. The molecular formula is C19H35NO4. The van der Waals surface area contributed by atoms with Crippen molar-refractivity contribution in [2.24, 2.45) is 0 Å². The number of ether oxygens (including phenoxy) is 2. The van der Waals surface area contributed by atoms with Gasteiger partial charge in [0, 0.05) is 25.9 Å². The Bertz CT molecular complexity index is 389. The molecule has 1 aliphatic rings. The van der Waals surface area contributed by atoms with Gasteiger partial charge in [-0.15, -0.1) is 0 Å². The number of rotatable bonds is 10. The van der Waals surface area contributed by atoms with Crippen molar-refractivity contribution < 1.29 is 19.1 Å². The maximum atomic E-state index is 11.7. The highest BCUT2D eigenvalue weighted by molar-refractivity contribution is 5.70. The van der Waals surface area contributed by atoms with Crippen molar-refractivity contribution in [3.05, 3.63) is 0 Å². The van der Waals surface area contributed by atoms with Gasteiger partial charge in [0.1, 0.15) is 11.7 Å². The number of carbonyl (C=O) groups is 2. The van der Waals surface area contributed by atoms with Gasteiger partial charge in [-0.05, 0) is 47.1 Å². The van der Waals surface area contributed by atoms with Crippen molar-refractivity contribution in [3.63, 3.8) is 0 Å². The highest BCUT2D eigenvalue weighted by atomic mass is 16.6. The van der Waals surface area contributed by atoms with Gasteiger partial charge in [-0.1, -0.05) is 25.7 Å². The van der Waals surface area contributed by atoms with Gasteiger partial charge in [-0.3, -0.25) is 9.59 Å². The molecule has 5 heteroatoms. The minimum Gasteiger partial charge on any atom is -0.461 e. The van der Waals surface area contributed by atoms with Crippen molar-refractivity contribution in [2.45, 2.75) is 90.3 Å². The van der Waals surface area contributed by atoms with Crippen LogP contribution < -0.4 is 0 Å². The van der Waals surface area contributed by atoms with Crippen molar-refractivity contribution in [2.75, 3.05) is 20.1 Å². The first kappa shape index (κ1) is 20.9. The van der Waals surface area contributed by atoms with E-state index in [2.05, 4.69) is 11.9 Å². The van der Waals surface area contributed by atoms with E-state index in [1.165, 1.54) is 0 Å². The Morgan fingerprint density at radius 2 is 1.50 bits per heavy atom. The second-order valence-corrected chi connectivity index (χ2v) is 7.87. The van der Waals surface area contributed by atoms with Gasteiger partial charge in [0.15, 0.2) is 0 Å². The Kier molecular flexibility index (Phi) is 9.34. The van der Waals surface area contributed by atoms with Crippen LogP contribution in [0.25, 0.3) is 0 Å². The Morgan fingerprint density at radius 3 is 2.00 bits per heavy atom. The molecule has 1 unspecified atom stereocenters. The summed E-state index contributed by atoms with van der Waals surface area (Å²) in [5.74, 6) is -0.164. The third kappa shape index (κ3) is 10.6. The van der Waals surface area contributed by atoms with Crippen molar-refractivity contribution in [1.29, 1.82) is 0 Å². The van der Waals surface area contributed by atoms with Crippen LogP contribution in [0.4, 0.5) is 0 Å². The van der Waals surface area contributed by atoms with Gasteiger partial charge in [-0.2, -0.15) is 0 Å². The molecule has 0 N–H and O–H groups in total. The zero-order valence-electron chi connectivity index (χ0n) is 15.9. The quantitative estimate of drug-likeness (QED) is 0.448. The lowest BCUT2D eigenvalue weighted by Crippen LogP contribution is -2.23. The zero-order valence-corrected chi connectivity index (χ0v) is 15.9. The standard InChI is InChI=1S/C19H35NO4/c1-19(2,3)24-18(22)12-10-8-6-5-7-9-11-17(21)23-16-13-14-20(4)15-16/h16H,5-15H2,1-4H3. The molecule has 1 fully saturated rings. The highest BCUT2D eigenvalue weighted by Gasteiger charge is 2.22. The SMILES string of the molecule is CN1CCC(OC(=O)CCCCCCCCC(=O)OC(C)(C)C)C1. The van der Waals surface area contributed by atoms with Crippen LogP contribution in [-0.2, 0) is 19.1 Å². The molecule has 140 valence electrons. The molecule has 0 aromatic heterocycles. The van der Waals surface area contributed by atoms with Crippen LogP contribution in [0, 0.1) is 0 Å². The third-order valence-corrected chi connectivity index (χ3v) is 4.08. The first-order valence-corrected chi connectivity index (χ1v) is 9.36. The number of likely N-dealkylation sites (N-methyl/N-ethyl adjacent to an activating group) is 1. The molecule has 1 aliphatic heterocycles. The number of hydrogen-bond donors (Lipinski definition) is 0. The first-order chi connectivity index (χ1) is 11.3. The van der Waals surface area contributed by atoms with Crippen LogP contribution in [0.2, 0.25) is 0 Å². The smallest absolute Gasteiger partial charge is 0.306 e. The second kappa shape index (κ2) is 10.7. The van der Waals surface area contributed by atoms with Crippen LogP contribution in [0.1, 0.15) is 78.6 Å². The van der Waals surface area contributed by atoms with Crippen molar-refractivity contribution >= 4 is 11.9 Å². The fraction of sp³-hybridized carbons (Fsp3) is 0.895. The summed E-state index contributed by atoms with van der Waals surface area (Å²) in [4.78, 5) is 25.5. The molecule has 1 saturated heterocycles. The predicted octanol–water partition coefficient (Wildman–Crippen LogP) is 3.70. The summed E-state index contributed by atoms with van der Waals surface area (Å²) in [5, 5.41) is 0. The molecular weight excluding hydrogens is 306 g/mol. The van der Waals surface area contributed by atoms with E-state index in [1.807, 2.05) is 20.8 Å². The number of carbonyl (C=O) groups excluding carboxylic acids is 2. The third-order valence-electron chi connectivity index (χ3n) is 4.08. The molecule has 0 aromatic rings. The number of esters is 2. The molecule has 1 rings (SSSR count). The number of unbranched alkanes of at least 4 members (excludes halogenated alkanes) is 5. The maximum Gasteiger partial charge on any atom is 0.306 e. The monoisotopic (exact) mass is 341 g/mol. The molecule has 24 heavy (non-hydrogen) atoms. The van der Waals surface area contributed by atoms with E-state index in [4.69, 9.17) is 9.47 Å². The largest absolute Gasteiger partial charge is 0.461 e. The van der Waals surface area contributed by atoms with Gasteiger partial charge in [0.2, 0.25) is 0 Å². The molecule has 0 aliphatic carbocycles. The van der Waals surface area contributed by atoms with E-state index >= 15 is 0 Å². The fourth-order valence-electron chi connectivity index (χ4n) is 2.87. The molecule has 0 saturated carbocycles. The molecule has 5 nitrogen and oxygen atoms in total. The van der Waals surface area contributed by atoms with Gasteiger partial charge in [0.25, 0.3) is 0 Å². The predicted molar refractivity (Wildman–Crippen MR) is 94.8 cm³/mol. The van der Waals surface area contributed by atoms with Crippen LogP contribution >= 0.6 is 0 Å². The van der Waals surface area contributed by atoms with Gasteiger partial charge in [-0.25, -0.2) is 0 Å². The van der Waals surface area contributed by atoms with E-state index in [0.29, 0.717) is 12.8 Å². The van der Waals surface area contributed by atoms with E-state index < -0.39 is 0 Å². The van der Waals surface area contributed by atoms with Crippen LogP contribution in [0.15, 0.2) is 0 Å². The van der Waals surface area contributed by atoms with E-state index in [0.717, 1.165) is 58.0 Å². The van der Waals surface area contributed by atoms with Gasteiger partial charge >= 0.3 is 11.9 Å². The van der Waals surface area contributed by atoms with Gasteiger partial charge in [0.05, 0.1) is 0 Å². The molecule has 0 radical (unpaired) electrons. The lowest BCUT2D eigenvalue weighted by Gasteiger charge is -2.19. The fourth-order valence-corrected chi connectivity index (χ4v) is 2.87. The minimum absolute atomic E-state index is 0.0553. The van der Waals surface area contributed by atoms with Crippen LogP contribution in [-0.4, -0.2) is 48.7 Å². The summed E-state index contributed by atoms with van der Waals surface area (Å²) in [6, 6.07) is 0. The second-order valence-electron chi connectivity index (χ2n) is 7.87. The molecule has 0 spiro atoms. The molecule has 1 atom stereocenters. The minimum atomic E-state index is -0.389. The van der Waals surface area contributed by atoms with Crippen molar-refractivity contribution in [3.8, 4) is 0 Å². The number of hydrogen-bond acceptors (Lipinski definition) is 5. The molecule has 0 bridgehead atoms. The van der Waals surface area contributed by atoms with Crippen LogP contribution in [0.5, 0.6) is 0 Å². The first-order valence-electron chi connectivity index (χ1n) is 9.36. The van der Waals surface area contributed by atoms with Crippen molar-refractivity contribution in [1.82, 2.24) is 4.90 Å². The lowest BCUT2D eigenvalue weighted by molar-refractivity contribution is -0.155. The molecule has 0 aromatic carbocycles. The average molecular weight is 341 g/mol. The summed E-state index contributed by atoms with van der Waals surface area (Å²) in [5.41, 5.74) is -0.389. The van der Waals surface area contributed by atoms with Gasteiger partial charge < -0.3 is 14.4 Å².